The van der Waals surface area contributed by atoms with Crippen molar-refractivity contribution >= 4 is 32.9 Å². The summed E-state index contributed by atoms with van der Waals surface area (Å²) in [4.78, 5) is 4.40. The molecule has 0 saturated heterocycles. The number of hydrogen-bond donors (Lipinski definition) is 1. The molecule has 2 aromatic rings. The molecule has 2 rings (SSSR count). The Hall–Kier alpha value is -1.03. The Bertz CT molecular complexity index is 531. The van der Waals surface area contributed by atoms with Gasteiger partial charge >= 0.3 is 0 Å². The Morgan fingerprint density at radius 2 is 2.06 bits per heavy atom. The zero-order valence-electron chi connectivity index (χ0n) is 10.4. The van der Waals surface area contributed by atoms with Crippen molar-refractivity contribution in [2.24, 2.45) is 5.92 Å². The van der Waals surface area contributed by atoms with Gasteiger partial charge in [-0.2, -0.15) is 0 Å². The Kier molecular flexibility index (Phi) is 3.43. The molecule has 1 atom stereocenters. The Morgan fingerprint density at radius 3 is 2.71 bits per heavy atom. The van der Waals surface area contributed by atoms with Crippen molar-refractivity contribution in [2.75, 3.05) is 5.73 Å². The van der Waals surface area contributed by atoms with Gasteiger partial charge in [-0.3, -0.25) is 0 Å². The molecule has 2 N–H and O–H groups in total. The SMILES string of the molecule is CC(C)CC(C)n1c(N)nc2ccc(Br)cc21. The Morgan fingerprint density at radius 1 is 1.35 bits per heavy atom. The zero-order valence-corrected chi connectivity index (χ0v) is 12.0. The molecule has 0 aliphatic heterocycles. The number of aromatic nitrogens is 2. The Balaban J connectivity index is 2.51. The number of fused-ring (bicyclic) bond motifs is 1. The summed E-state index contributed by atoms with van der Waals surface area (Å²) in [6.45, 7) is 6.64. The van der Waals surface area contributed by atoms with E-state index in [9.17, 15) is 0 Å². The third-order valence-electron chi connectivity index (χ3n) is 2.93. The van der Waals surface area contributed by atoms with Gasteiger partial charge in [0.15, 0.2) is 0 Å². The minimum Gasteiger partial charge on any atom is -0.369 e. The molecule has 1 aromatic carbocycles. The maximum Gasteiger partial charge on any atom is 0.201 e. The highest BCUT2D eigenvalue weighted by atomic mass is 79.9. The fourth-order valence-electron chi connectivity index (χ4n) is 2.34. The van der Waals surface area contributed by atoms with E-state index in [1.54, 1.807) is 0 Å². The molecule has 1 heterocycles. The maximum absolute atomic E-state index is 6.02. The predicted octanol–water partition coefficient (Wildman–Crippen LogP) is 3.99. The third-order valence-corrected chi connectivity index (χ3v) is 3.43. The molecular weight excluding hydrogens is 278 g/mol. The minimum atomic E-state index is 0.370. The van der Waals surface area contributed by atoms with E-state index in [1.165, 1.54) is 0 Å². The van der Waals surface area contributed by atoms with E-state index in [0.717, 1.165) is 21.9 Å². The first-order valence-corrected chi connectivity index (χ1v) is 6.71. The molecular formula is C13H18BrN3. The number of halogens is 1. The molecule has 0 aliphatic carbocycles. The molecule has 0 aliphatic rings. The number of nitrogens with zero attached hydrogens (tertiary/aromatic N) is 2. The van der Waals surface area contributed by atoms with E-state index in [1.807, 2.05) is 12.1 Å². The van der Waals surface area contributed by atoms with Gasteiger partial charge in [-0.05, 0) is 37.5 Å². The molecule has 1 aromatic heterocycles. The molecule has 1 unspecified atom stereocenters. The fraction of sp³-hybridized carbons (Fsp3) is 0.462. The van der Waals surface area contributed by atoms with E-state index < -0.39 is 0 Å². The predicted molar refractivity (Wildman–Crippen MR) is 76.0 cm³/mol. The minimum absolute atomic E-state index is 0.370. The summed E-state index contributed by atoms with van der Waals surface area (Å²) in [6.07, 6.45) is 1.10. The van der Waals surface area contributed by atoms with Gasteiger partial charge in [-0.1, -0.05) is 29.8 Å². The van der Waals surface area contributed by atoms with Crippen molar-refractivity contribution in [1.29, 1.82) is 0 Å². The van der Waals surface area contributed by atoms with Gasteiger partial charge in [0, 0.05) is 10.5 Å². The normalized spacial score (nSPS) is 13.5. The summed E-state index contributed by atoms with van der Waals surface area (Å²) in [6, 6.07) is 6.44. The van der Waals surface area contributed by atoms with E-state index in [4.69, 9.17) is 5.73 Å². The third kappa shape index (κ3) is 2.46. The molecule has 0 spiro atoms. The van der Waals surface area contributed by atoms with Crippen molar-refractivity contribution in [1.82, 2.24) is 9.55 Å². The summed E-state index contributed by atoms with van der Waals surface area (Å²) >= 11 is 3.49. The Labute approximate surface area is 110 Å². The lowest BCUT2D eigenvalue weighted by molar-refractivity contribution is 0.439. The van der Waals surface area contributed by atoms with Crippen molar-refractivity contribution in [3.8, 4) is 0 Å². The quantitative estimate of drug-likeness (QED) is 0.930. The fourth-order valence-corrected chi connectivity index (χ4v) is 2.68. The topological polar surface area (TPSA) is 43.8 Å². The van der Waals surface area contributed by atoms with Crippen molar-refractivity contribution in [3.63, 3.8) is 0 Å². The second-order valence-electron chi connectivity index (χ2n) is 4.95. The van der Waals surface area contributed by atoms with Crippen LogP contribution in [-0.4, -0.2) is 9.55 Å². The van der Waals surface area contributed by atoms with E-state index in [0.29, 0.717) is 17.9 Å². The van der Waals surface area contributed by atoms with Crippen LogP contribution < -0.4 is 5.73 Å². The van der Waals surface area contributed by atoms with Gasteiger partial charge in [-0.15, -0.1) is 0 Å². The van der Waals surface area contributed by atoms with Crippen LogP contribution in [0.5, 0.6) is 0 Å². The highest BCUT2D eigenvalue weighted by Gasteiger charge is 2.15. The van der Waals surface area contributed by atoms with E-state index >= 15 is 0 Å². The van der Waals surface area contributed by atoms with Crippen molar-refractivity contribution in [2.45, 2.75) is 33.2 Å². The van der Waals surface area contributed by atoms with Gasteiger partial charge < -0.3 is 10.3 Å². The highest BCUT2D eigenvalue weighted by Crippen LogP contribution is 2.28. The first kappa shape index (κ1) is 12.4. The number of hydrogen-bond acceptors (Lipinski definition) is 2. The smallest absolute Gasteiger partial charge is 0.201 e. The maximum atomic E-state index is 6.02. The van der Waals surface area contributed by atoms with Crippen LogP contribution in [0, 0.1) is 5.92 Å². The lowest BCUT2D eigenvalue weighted by Crippen LogP contribution is -2.11. The number of nitrogens with two attached hydrogens (primary N) is 1. The summed E-state index contributed by atoms with van der Waals surface area (Å²) in [5, 5.41) is 0. The second-order valence-corrected chi connectivity index (χ2v) is 5.87. The van der Waals surface area contributed by atoms with Crippen LogP contribution in [0.25, 0.3) is 11.0 Å². The number of rotatable bonds is 3. The van der Waals surface area contributed by atoms with Gasteiger partial charge in [0.25, 0.3) is 0 Å². The first-order valence-electron chi connectivity index (χ1n) is 5.92. The van der Waals surface area contributed by atoms with E-state index in [2.05, 4.69) is 52.3 Å². The summed E-state index contributed by atoms with van der Waals surface area (Å²) in [7, 11) is 0. The number of imidazole rings is 1. The summed E-state index contributed by atoms with van der Waals surface area (Å²) in [5.74, 6) is 1.25. The molecule has 0 fully saturated rings. The monoisotopic (exact) mass is 295 g/mol. The number of benzene rings is 1. The lowest BCUT2D eigenvalue weighted by Gasteiger charge is -2.18. The van der Waals surface area contributed by atoms with Gasteiger partial charge in [0.2, 0.25) is 5.95 Å². The number of nitrogen functional groups attached to an aromatic ring is 1. The molecule has 92 valence electrons. The van der Waals surface area contributed by atoms with Crippen LogP contribution in [0.15, 0.2) is 22.7 Å². The van der Waals surface area contributed by atoms with E-state index in [-0.39, 0.29) is 0 Å². The van der Waals surface area contributed by atoms with Crippen LogP contribution in [0.3, 0.4) is 0 Å². The van der Waals surface area contributed by atoms with Gasteiger partial charge in [-0.25, -0.2) is 4.98 Å². The molecule has 0 bridgehead atoms. The van der Waals surface area contributed by atoms with Crippen LogP contribution in [-0.2, 0) is 0 Å². The second kappa shape index (κ2) is 4.69. The average Bonchev–Trinajstić information content (AvgIpc) is 2.52. The van der Waals surface area contributed by atoms with Crippen LogP contribution in [0.4, 0.5) is 5.95 Å². The first-order chi connectivity index (χ1) is 7.99. The largest absolute Gasteiger partial charge is 0.369 e. The average molecular weight is 296 g/mol. The summed E-state index contributed by atoms with van der Waals surface area (Å²) in [5.41, 5.74) is 8.08. The summed E-state index contributed by atoms with van der Waals surface area (Å²) < 4.78 is 3.18. The van der Waals surface area contributed by atoms with Gasteiger partial charge in [0.1, 0.15) is 0 Å². The lowest BCUT2D eigenvalue weighted by atomic mass is 10.1. The molecule has 4 heteroatoms. The van der Waals surface area contributed by atoms with Crippen molar-refractivity contribution in [3.05, 3.63) is 22.7 Å². The number of anilines is 1. The molecule has 17 heavy (non-hydrogen) atoms. The molecule has 0 amide bonds. The van der Waals surface area contributed by atoms with Gasteiger partial charge in [0.05, 0.1) is 11.0 Å². The molecule has 0 saturated carbocycles. The highest BCUT2D eigenvalue weighted by molar-refractivity contribution is 9.10. The van der Waals surface area contributed by atoms with Crippen molar-refractivity contribution < 1.29 is 0 Å². The zero-order chi connectivity index (χ0) is 12.6. The van der Waals surface area contributed by atoms with Crippen LogP contribution in [0.2, 0.25) is 0 Å². The molecule has 3 nitrogen and oxygen atoms in total. The molecule has 0 radical (unpaired) electrons. The van der Waals surface area contributed by atoms with Crippen LogP contribution >= 0.6 is 15.9 Å². The van der Waals surface area contributed by atoms with Crippen LogP contribution in [0.1, 0.15) is 33.2 Å². The standard InChI is InChI=1S/C13H18BrN3/c1-8(2)6-9(3)17-12-7-10(14)4-5-11(12)16-13(17)15/h4-5,7-9H,6H2,1-3H3,(H2,15,16).